The normalized spacial score (nSPS) is 14.8. The molecule has 0 N–H and O–H groups in total. The van der Waals surface area contributed by atoms with Crippen molar-refractivity contribution in [2.45, 2.75) is 57.8 Å². The highest BCUT2D eigenvalue weighted by Crippen LogP contribution is 2.53. The van der Waals surface area contributed by atoms with Gasteiger partial charge in [-0.15, -0.1) is 0 Å². The third kappa shape index (κ3) is 2.31. The standard InChI is InChI=1S/C21H25/c1-3-5-15-21(16-6-4-2)19-13-9-7-11-17(19)18-12-8-10-14-20(18)21/h7,9-14H,3-6,15-16H2,1-2H3. The lowest BCUT2D eigenvalue weighted by Crippen LogP contribution is -2.25. The monoisotopic (exact) mass is 277 g/mol. The van der Waals surface area contributed by atoms with Gasteiger partial charge in [-0.05, 0) is 47.2 Å². The number of benzene rings is 2. The fourth-order valence-corrected chi connectivity index (χ4v) is 3.97. The summed E-state index contributed by atoms with van der Waals surface area (Å²) in [6.07, 6.45) is 7.69. The molecule has 0 unspecified atom stereocenters. The Bertz CT molecular complexity index is 553. The van der Waals surface area contributed by atoms with Crippen LogP contribution in [-0.4, -0.2) is 0 Å². The topological polar surface area (TPSA) is 0 Å². The van der Waals surface area contributed by atoms with Crippen molar-refractivity contribution in [3.8, 4) is 11.1 Å². The maximum Gasteiger partial charge on any atom is 0.0215 e. The molecule has 1 aliphatic carbocycles. The van der Waals surface area contributed by atoms with Crippen LogP contribution in [-0.2, 0) is 5.41 Å². The second-order valence-corrected chi connectivity index (χ2v) is 6.31. The highest BCUT2D eigenvalue weighted by Gasteiger charge is 2.41. The average molecular weight is 277 g/mol. The summed E-state index contributed by atoms with van der Waals surface area (Å²) in [5, 5.41) is 0. The largest absolute Gasteiger partial charge is 0.0654 e. The van der Waals surface area contributed by atoms with Gasteiger partial charge in [-0.3, -0.25) is 0 Å². The van der Waals surface area contributed by atoms with Gasteiger partial charge in [-0.1, -0.05) is 75.9 Å². The molecule has 1 radical (unpaired) electrons. The lowest BCUT2D eigenvalue weighted by Gasteiger charge is -2.32. The molecule has 0 amide bonds. The number of hydrogen-bond acceptors (Lipinski definition) is 0. The van der Waals surface area contributed by atoms with Crippen LogP contribution in [0.4, 0.5) is 0 Å². The summed E-state index contributed by atoms with van der Waals surface area (Å²) >= 11 is 0. The Balaban J connectivity index is 2.16. The van der Waals surface area contributed by atoms with Crippen molar-refractivity contribution in [2.24, 2.45) is 0 Å². The molecule has 0 aliphatic heterocycles. The summed E-state index contributed by atoms with van der Waals surface area (Å²) in [5.41, 5.74) is 6.20. The summed E-state index contributed by atoms with van der Waals surface area (Å²) in [5.74, 6) is 0. The fraction of sp³-hybridized carbons (Fsp3) is 0.429. The van der Waals surface area contributed by atoms with Gasteiger partial charge in [0.2, 0.25) is 0 Å². The van der Waals surface area contributed by atoms with Gasteiger partial charge < -0.3 is 0 Å². The zero-order chi connectivity index (χ0) is 14.7. The average Bonchev–Trinajstić information content (AvgIpc) is 2.82. The molecule has 0 saturated carbocycles. The Hall–Kier alpha value is -1.56. The molecule has 109 valence electrons. The van der Waals surface area contributed by atoms with Crippen molar-refractivity contribution < 1.29 is 0 Å². The van der Waals surface area contributed by atoms with Gasteiger partial charge in [-0.2, -0.15) is 0 Å². The van der Waals surface area contributed by atoms with Crippen molar-refractivity contribution in [2.75, 3.05) is 0 Å². The SMILES string of the molecule is CCCCC1(CCCC)c2cc[c]cc2-c2ccccc21. The molecule has 21 heavy (non-hydrogen) atoms. The Labute approximate surface area is 129 Å². The molecular weight excluding hydrogens is 252 g/mol. The molecule has 0 fully saturated rings. The first-order valence-electron chi connectivity index (χ1n) is 8.44. The number of rotatable bonds is 6. The van der Waals surface area contributed by atoms with E-state index in [-0.39, 0.29) is 5.41 Å². The quantitative estimate of drug-likeness (QED) is 0.595. The van der Waals surface area contributed by atoms with Crippen LogP contribution in [0.25, 0.3) is 11.1 Å². The molecule has 3 rings (SSSR count). The van der Waals surface area contributed by atoms with Crippen molar-refractivity contribution in [3.05, 3.63) is 59.7 Å². The van der Waals surface area contributed by atoms with Crippen LogP contribution < -0.4 is 0 Å². The predicted molar refractivity (Wildman–Crippen MR) is 90.5 cm³/mol. The van der Waals surface area contributed by atoms with E-state index in [1.165, 1.54) is 49.7 Å². The van der Waals surface area contributed by atoms with Crippen molar-refractivity contribution in [3.63, 3.8) is 0 Å². The van der Waals surface area contributed by atoms with Gasteiger partial charge in [0, 0.05) is 5.41 Å². The van der Waals surface area contributed by atoms with E-state index in [1.54, 1.807) is 11.1 Å². The van der Waals surface area contributed by atoms with Gasteiger partial charge in [0.05, 0.1) is 0 Å². The van der Waals surface area contributed by atoms with Gasteiger partial charge in [0.1, 0.15) is 0 Å². The van der Waals surface area contributed by atoms with Gasteiger partial charge in [0.15, 0.2) is 0 Å². The summed E-state index contributed by atoms with van der Waals surface area (Å²) in [4.78, 5) is 0. The zero-order valence-electron chi connectivity index (χ0n) is 13.3. The smallest absolute Gasteiger partial charge is 0.0215 e. The molecule has 1 aliphatic rings. The number of fused-ring (bicyclic) bond motifs is 3. The van der Waals surface area contributed by atoms with E-state index >= 15 is 0 Å². The molecule has 0 saturated heterocycles. The molecule has 0 spiro atoms. The summed E-state index contributed by atoms with van der Waals surface area (Å²) < 4.78 is 0. The molecule has 0 heteroatoms. The van der Waals surface area contributed by atoms with Crippen molar-refractivity contribution in [1.82, 2.24) is 0 Å². The molecule has 0 bridgehead atoms. The van der Waals surface area contributed by atoms with Gasteiger partial charge in [0.25, 0.3) is 0 Å². The van der Waals surface area contributed by atoms with E-state index in [4.69, 9.17) is 0 Å². The van der Waals surface area contributed by atoms with E-state index in [2.05, 4.69) is 62.4 Å². The first-order chi connectivity index (χ1) is 10.3. The van der Waals surface area contributed by atoms with Crippen LogP contribution in [0.2, 0.25) is 0 Å². The molecule has 2 aromatic carbocycles. The van der Waals surface area contributed by atoms with Gasteiger partial charge >= 0.3 is 0 Å². The Morgan fingerprint density at radius 2 is 1.52 bits per heavy atom. The molecule has 2 aromatic rings. The summed E-state index contributed by atoms with van der Waals surface area (Å²) in [6, 6.07) is 18.9. The molecule has 0 heterocycles. The maximum absolute atomic E-state index is 3.28. The summed E-state index contributed by atoms with van der Waals surface area (Å²) in [6.45, 7) is 4.60. The highest BCUT2D eigenvalue weighted by atomic mass is 14.4. The van der Waals surface area contributed by atoms with E-state index in [1.807, 2.05) is 0 Å². The third-order valence-electron chi connectivity index (χ3n) is 5.03. The van der Waals surface area contributed by atoms with E-state index in [9.17, 15) is 0 Å². The predicted octanol–water partition coefficient (Wildman–Crippen LogP) is 6.13. The third-order valence-corrected chi connectivity index (χ3v) is 5.03. The lowest BCUT2D eigenvalue weighted by atomic mass is 9.71. The Morgan fingerprint density at radius 1 is 0.857 bits per heavy atom. The van der Waals surface area contributed by atoms with Crippen LogP contribution in [0.1, 0.15) is 63.5 Å². The van der Waals surface area contributed by atoms with Crippen LogP contribution in [0.5, 0.6) is 0 Å². The van der Waals surface area contributed by atoms with Crippen LogP contribution in [0.15, 0.2) is 42.5 Å². The Kier molecular flexibility index (Phi) is 4.14. The van der Waals surface area contributed by atoms with Crippen molar-refractivity contribution >= 4 is 0 Å². The van der Waals surface area contributed by atoms with E-state index < -0.39 is 0 Å². The minimum atomic E-state index is 0.243. The molecule has 0 nitrogen and oxygen atoms in total. The van der Waals surface area contributed by atoms with E-state index in [0.29, 0.717) is 0 Å². The maximum atomic E-state index is 3.28. The van der Waals surface area contributed by atoms with Crippen LogP contribution >= 0.6 is 0 Å². The number of hydrogen-bond donors (Lipinski definition) is 0. The first kappa shape index (κ1) is 14.4. The summed E-state index contributed by atoms with van der Waals surface area (Å²) in [7, 11) is 0. The second-order valence-electron chi connectivity index (χ2n) is 6.31. The molecule has 0 aromatic heterocycles. The lowest BCUT2D eigenvalue weighted by molar-refractivity contribution is 0.414. The van der Waals surface area contributed by atoms with E-state index in [0.717, 1.165) is 0 Å². The zero-order valence-corrected chi connectivity index (χ0v) is 13.3. The van der Waals surface area contributed by atoms with Crippen LogP contribution in [0, 0.1) is 6.07 Å². The minimum Gasteiger partial charge on any atom is -0.0654 e. The van der Waals surface area contributed by atoms with Crippen LogP contribution in [0.3, 0.4) is 0 Å². The Morgan fingerprint density at radius 3 is 2.24 bits per heavy atom. The van der Waals surface area contributed by atoms with Crippen molar-refractivity contribution in [1.29, 1.82) is 0 Å². The number of unbranched alkanes of at least 4 members (excludes halogenated alkanes) is 2. The molecular formula is C21H25. The minimum absolute atomic E-state index is 0.243. The highest BCUT2D eigenvalue weighted by molar-refractivity contribution is 5.80. The van der Waals surface area contributed by atoms with Gasteiger partial charge in [-0.25, -0.2) is 0 Å². The first-order valence-corrected chi connectivity index (χ1v) is 8.44. The second kappa shape index (κ2) is 6.05. The fourth-order valence-electron chi connectivity index (χ4n) is 3.97. The molecule has 0 atom stereocenters.